The third kappa shape index (κ3) is 3.75. The standard InChI is InChI=1S/C23H21ClN2O4S/c1-13-6-8-19(15(3)9-13)26(4)31(28,29)22-11-16-20(12-17(22)24)30-21-10-14(2)5-7-18(21)25-23(16)27/h5-12H,1-4H3,(H,25,27). The molecule has 0 atom stereocenters. The van der Waals surface area contributed by atoms with Crippen molar-refractivity contribution in [2.24, 2.45) is 0 Å². The van der Waals surface area contributed by atoms with Crippen LogP contribution in [0.1, 0.15) is 27.0 Å². The molecule has 0 aliphatic carbocycles. The van der Waals surface area contributed by atoms with Crippen LogP contribution in [0.4, 0.5) is 11.4 Å². The largest absolute Gasteiger partial charge is 0.454 e. The molecule has 0 saturated heterocycles. The van der Waals surface area contributed by atoms with Crippen LogP contribution in [0, 0.1) is 20.8 Å². The van der Waals surface area contributed by atoms with E-state index >= 15 is 0 Å². The number of halogens is 1. The molecule has 0 aromatic heterocycles. The summed E-state index contributed by atoms with van der Waals surface area (Å²) >= 11 is 6.38. The molecular formula is C23H21ClN2O4S. The summed E-state index contributed by atoms with van der Waals surface area (Å²) in [6.45, 7) is 5.68. The van der Waals surface area contributed by atoms with Crippen molar-refractivity contribution in [3.8, 4) is 11.5 Å². The van der Waals surface area contributed by atoms with Crippen LogP contribution in [0.25, 0.3) is 0 Å². The second-order valence-corrected chi connectivity index (χ2v) is 9.94. The highest BCUT2D eigenvalue weighted by molar-refractivity contribution is 7.93. The van der Waals surface area contributed by atoms with Crippen molar-refractivity contribution >= 4 is 38.9 Å². The first-order valence-corrected chi connectivity index (χ1v) is 11.4. The van der Waals surface area contributed by atoms with Crippen LogP contribution in [0.2, 0.25) is 5.02 Å². The van der Waals surface area contributed by atoms with Crippen molar-refractivity contribution in [3.63, 3.8) is 0 Å². The first kappa shape index (κ1) is 21.2. The molecule has 0 saturated carbocycles. The second kappa shape index (κ2) is 7.59. The maximum atomic E-state index is 13.4. The molecule has 0 fully saturated rings. The van der Waals surface area contributed by atoms with E-state index in [1.165, 1.54) is 23.5 Å². The Morgan fingerprint density at radius 1 is 0.935 bits per heavy atom. The molecule has 0 spiro atoms. The van der Waals surface area contributed by atoms with Crippen LogP contribution >= 0.6 is 11.6 Å². The van der Waals surface area contributed by atoms with E-state index in [-0.39, 0.29) is 21.2 Å². The number of carbonyl (C=O) groups is 1. The van der Waals surface area contributed by atoms with E-state index in [4.69, 9.17) is 16.3 Å². The van der Waals surface area contributed by atoms with Gasteiger partial charge in [-0.3, -0.25) is 9.10 Å². The number of amides is 1. The maximum absolute atomic E-state index is 13.4. The van der Waals surface area contributed by atoms with Crippen molar-refractivity contribution < 1.29 is 17.9 Å². The van der Waals surface area contributed by atoms with E-state index < -0.39 is 15.9 Å². The molecule has 3 aromatic rings. The molecule has 1 amide bonds. The SMILES string of the molecule is Cc1ccc(N(C)S(=O)(=O)c2cc3c(cc2Cl)Oc2cc(C)ccc2NC3=O)c(C)c1. The van der Waals surface area contributed by atoms with E-state index in [2.05, 4.69) is 5.32 Å². The molecule has 8 heteroatoms. The van der Waals surface area contributed by atoms with Crippen molar-refractivity contribution in [1.29, 1.82) is 0 Å². The fraction of sp³-hybridized carbons (Fsp3) is 0.174. The lowest BCUT2D eigenvalue weighted by molar-refractivity contribution is 0.102. The van der Waals surface area contributed by atoms with E-state index in [1.54, 1.807) is 18.2 Å². The van der Waals surface area contributed by atoms with Gasteiger partial charge in [0.15, 0.2) is 5.75 Å². The minimum absolute atomic E-state index is 0.0285. The van der Waals surface area contributed by atoms with Crippen molar-refractivity contribution in [1.82, 2.24) is 0 Å². The molecule has 31 heavy (non-hydrogen) atoms. The first-order valence-electron chi connectivity index (χ1n) is 9.57. The minimum Gasteiger partial charge on any atom is -0.454 e. The molecule has 1 N–H and O–H groups in total. The number of aryl methyl sites for hydroxylation is 3. The van der Waals surface area contributed by atoms with Gasteiger partial charge in [-0.25, -0.2) is 8.42 Å². The number of hydrogen-bond donors (Lipinski definition) is 1. The number of nitrogens with one attached hydrogen (secondary N) is 1. The highest BCUT2D eigenvalue weighted by Crippen LogP contribution is 2.40. The minimum atomic E-state index is -4.04. The van der Waals surface area contributed by atoms with Crippen LogP contribution in [-0.2, 0) is 10.0 Å². The zero-order valence-corrected chi connectivity index (χ0v) is 19.1. The Hall–Kier alpha value is -3.03. The summed E-state index contributed by atoms with van der Waals surface area (Å²) in [7, 11) is -2.57. The number of fused-ring (bicyclic) bond motifs is 2. The fourth-order valence-electron chi connectivity index (χ4n) is 3.56. The number of sulfonamides is 1. The number of ether oxygens (including phenoxy) is 1. The summed E-state index contributed by atoms with van der Waals surface area (Å²) in [5, 5.41) is 2.74. The van der Waals surface area contributed by atoms with Gasteiger partial charge in [0.05, 0.1) is 22.0 Å². The van der Waals surface area contributed by atoms with Gasteiger partial charge in [0, 0.05) is 13.1 Å². The van der Waals surface area contributed by atoms with Gasteiger partial charge in [-0.1, -0.05) is 35.4 Å². The molecular weight excluding hydrogens is 436 g/mol. The summed E-state index contributed by atoms with van der Waals surface area (Å²) in [6.07, 6.45) is 0. The summed E-state index contributed by atoms with van der Waals surface area (Å²) < 4.78 is 33.9. The Labute approximate surface area is 186 Å². The highest BCUT2D eigenvalue weighted by Gasteiger charge is 2.30. The molecule has 3 aromatic carbocycles. The van der Waals surface area contributed by atoms with Gasteiger partial charge in [0.25, 0.3) is 15.9 Å². The van der Waals surface area contributed by atoms with E-state index in [1.807, 2.05) is 39.0 Å². The lowest BCUT2D eigenvalue weighted by Gasteiger charge is -2.23. The summed E-state index contributed by atoms with van der Waals surface area (Å²) in [5.74, 6) is 0.186. The molecule has 1 heterocycles. The van der Waals surface area contributed by atoms with Gasteiger partial charge in [-0.2, -0.15) is 0 Å². The number of benzene rings is 3. The number of nitrogens with zero attached hydrogens (tertiary/aromatic N) is 1. The maximum Gasteiger partial charge on any atom is 0.265 e. The van der Waals surface area contributed by atoms with Gasteiger partial charge in [-0.05, 0) is 56.2 Å². The molecule has 6 nitrogen and oxygen atoms in total. The number of anilines is 2. The predicted molar refractivity (Wildman–Crippen MR) is 122 cm³/mol. The van der Waals surface area contributed by atoms with Crippen LogP contribution < -0.4 is 14.4 Å². The van der Waals surface area contributed by atoms with Gasteiger partial charge in [0.2, 0.25) is 0 Å². The Morgan fingerprint density at radius 3 is 2.32 bits per heavy atom. The zero-order valence-electron chi connectivity index (χ0n) is 17.5. The monoisotopic (exact) mass is 456 g/mol. The number of rotatable bonds is 3. The quantitative estimate of drug-likeness (QED) is 0.568. The average Bonchev–Trinajstić information content (AvgIpc) is 2.82. The summed E-state index contributed by atoms with van der Waals surface area (Å²) in [5.41, 5.74) is 3.91. The predicted octanol–water partition coefficient (Wildman–Crippen LogP) is 5.45. The lowest BCUT2D eigenvalue weighted by Crippen LogP contribution is -2.28. The van der Waals surface area contributed by atoms with Gasteiger partial charge in [0.1, 0.15) is 10.6 Å². The van der Waals surface area contributed by atoms with Gasteiger partial charge >= 0.3 is 0 Å². The molecule has 1 aliphatic heterocycles. The summed E-state index contributed by atoms with van der Waals surface area (Å²) in [6, 6.07) is 13.5. The zero-order chi connectivity index (χ0) is 22.5. The third-order valence-corrected chi connectivity index (χ3v) is 7.45. The Balaban J connectivity index is 1.81. The number of hydrogen-bond acceptors (Lipinski definition) is 4. The first-order chi connectivity index (χ1) is 14.6. The molecule has 0 bridgehead atoms. The summed E-state index contributed by atoms with van der Waals surface area (Å²) in [4.78, 5) is 12.7. The normalized spacial score (nSPS) is 12.9. The van der Waals surface area contributed by atoms with E-state index in [9.17, 15) is 13.2 Å². The van der Waals surface area contributed by atoms with Crippen LogP contribution in [-0.4, -0.2) is 21.4 Å². The Kier molecular flexibility index (Phi) is 5.19. The van der Waals surface area contributed by atoms with Crippen molar-refractivity contribution in [2.45, 2.75) is 25.7 Å². The average molecular weight is 457 g/mol. The van der Waals surface area contributed by atoms with Crippen LogP contribution in [0.3, 0.4) is 0 Å². The van der Waals surface area contributed by atoms with Gasteiger partial charge in [-0.15, -0.1) is 0 Å². The third-order valence-electron chi connectivity index (χ3n) is 5.21. The topological polar surface area (TPSA) is 75.7 Å². The highest BCUT2D eigenvalue weighted by atomic mass is 35.5. The molecule has 4 rings (SSSR count). The Morgan fingerprint density at radius 2 is 1.61 bits per heavy atom. The fourth-order valence-corrected chi connectivity index (χ4v) is 5.33. The van der Waals surface area contributed by atoms with Gasteiger partial charge < -0.3 is 10.1 Å². The van der Waals surface area contributed by atoms with E-state index in [0.29, 0.717) is 17.1 Å². The molecule has 0 radical (unpaired) electrons. The molecule has 0 unspecified atom stereocenters. The number of carbonyl (C=O) groups excluding carboxylic acids is 1. The molecule has 1 aliphatic rings. The van der Waals surface area contributed by atoms with Crippen LogP contribution in [0.15, 0.2) is 53.4 Å². The Bertz CT molecular complexity index is 1340. The smallest absolute Gasteiger partial charge is 0.265 e. The van der Waals surface area contributed by atoms with E-state index in [0.717, 1.165) is 16.7 Å². The second-order valence-electron chi connectivity index (χ2n) is 7.60. The van der Waals surface area contributed by atoms with Crippen LogP contribution in [0.5, 0.6) is 11.5 Å². The van der Waals surface area contributed by atoms with Crippen molar-refractivity contribution in [3.05, 3.63) is 75.8 Å². The lowest BCUT2D eigenvalue weighted by atomic mass is 10.1. The molecule has 160 valence electrons. The van der Waals surface area contributed by atoms with Crippen molar-refractivity contribution in [2.75, 3.05) is 16.7 Å².